The second kappa shape index (κ2) is 8.41. The third-order valence-electron chi connectivity index (χ3n) is 5.82. The number of thiocarbonyl (C=S) groups is 1. The van der Waals surface area contributed by atoms with Gasteiger partial charge in [-0.1, -0.05) is 67.1 Å². The van der Waals surface area contributed by atoms with Crippen LogP contribution in [-0.4, -0.2) is 47.0 Å². The van der Waals surface area contributed by atoms with Crippen molar-refractivity contribution in [2.75, 3.05) is 26.2 Å². The van der Waals surface area contributed by atoms with Crippen molar-refractivity contribution in [2.45, 2.75) is 31.2 Å². The fraction of sp³-hybridized carbons (Fsp3) is 0.391. The number of hydrogen-bond donors (Lipinski definition) is 1. The number of rotatable bonds is 6. The Morgan fingerprint density at radius 3 is 2.00 bits per heavy atom. The van der Waals surface area contributed by atoms with E-state index >= 15 is 0 Å². The number of nitrogens with one attached hydrogen (secondary N) is 1. The molecule has 2 heterocycles. The van der Waals surface area contributed by atoms with Crippen LogP contribution in [0.25, 0.3) is 0 Å². The van der Waals surface area contributed by atoms with Crippen molar-refractivity contribution in [2.24, 2.45) is 0 Å². The predicted octanol–water partition coefficient (Wildman–Crippen LogP) is 3.52. The van der Waals surface area contributed by atoms with E-state index in [1.54, 1.807) is 4.90 Å². The Kier molecular flexibility index (Phi) is 5.74. The summed E-state index contributed by atoms with van der Waals surface area (Å²) in [6.07, 6.45) is 4.85. The molecule has 28 heavy (non-hydrogen) atoms. The zero-order chi connectivity index (χ0) is 19.4. The minimum atomic E-state index is -0.940. The van der Waals surface area contributed by atoms with E-state index < -0.39 is 5.54 Å². The lowest BCUT2D eigenvalue weighted by atomic mass is 9.82. The molecule has 2 saturated heterocycles. The van der Waals surface area contributed by atoms with Gasteiger partial charge in [0.25, 0.3) is 5.91 Å². The van der Waals surface area contributed by atoms with Gasteiger partial charge >= 0.3 is 0 Å². The SMILES string of the molecule is O=C1N(CCCN2CCCCC2)C(=S)NC1(c1ccccc1)c1ccccc1. The van der Waals surface area contributed by atoms with E-state index in [4.69, 9.17) is 12.2 Å². The number of nitrogens with zero attached hydrogens (tertiary/aromatic N) is 2. The lowest BCUT2D eigenvalue weighted by molar-refractivity contribution is -0.130. The average Bonchev–Trinajstić information content (AvgIpc) is 3.01. The summed E-state index contributed by atoms with van der Waals surface area (Å²) < 4.78 is 0. The monoisotopic (exact) mass is 393 g/mol. The van der Waals surface area contributed by atoms with Gasteiger partial charge in [0.1, 0.15) is 0 Å². The molecule has 2 fully saturated rings. The highest BCUT2D eigenvalue weighted by molar-refractivity contribution is 7.80. The summed E-state index contributed by atoms with van der Waals surface area (Å²) in [6.45, 7) is 4.03. The van der Waals surface area contributed by atoms with E-state index in [-0.39, 0.29) is 5.91 Å². The summed E-state index contributed by atoms with van der Waals surface area (Å²) >= 11 is 5.62. The number of carbonyl (C=O) groups is 1. The molecule has 146 valence electrons. The molecule has 2 aliphatic rings. The minimum absolute atomic E-state index is 0.0218. The maximum atomic E-state index is 13.7. The topological polar surface area (TPSA) is 35.6 Å². The first-order valence-corrected chi connectivity index (χ1v) is 10.6. The number of piperidine rings is 1. The Balaban J connectivity index is 1.56. The fourth-order valence-electron chi connectivity index (χ4n) is 4.35. The Bertz CT molecular complexity index is 779. The van der Waals surface area contributed by atoms with E-state index in [1.807, 2.05) is 60.7 Å². The molecule has 0 aliphatic carbocycles. The van der Waals surface area contributed by atoms with Crippen molar-refractivity contribution in [3.8, 4) is 0 Å². The van der Waals surface area contributed by atoms with Gasteiger partial charge in [-0.05, 0) is 62.2 Å². The molecule has 0 bridgehead atoms. The van der Waals surface area contributed by atoms with Gasteiger partial charge < -0.3 is 10.2 Å². The molecule has 0 unspecified atom stereocenters. The van der Waals surface area contributed by atoms with E-state index in [2.05, 4.69) is 10.2 Å². The highest BCUT2D eigenvalue weighted by Crippen LogP contribution is 2.36. The van der Waals surface area contributed by atoms with Crippen molar-refractivity contribution in [1.82, 2.24) is 15.1 Å². The van der Waals surface area contributed by atoms with Crippen LogP contribution < -0.4 is 5.32 Å². The predicted molar refractivity (Wildman–Crippen MR) is 116 cm³/mol. The number of likely N-dealkylation sites (tertiary alicyclic amines) is 1. The van der Waals surface area contributed by atoms with Gasteiger partial charge in [0.2, 0.25) is 0 Å². The molecule has 0 radical (unpaired) electrons. The third-order valence-corrected chi connectivity index (χ3v) is 6.15. The zero-order valence-corrected chi connectivity index (χ0v) is 17.0. The lowest BCUT2D eigenvalue weighted by Crippen LogP contribution is -2.45. The molecule has 5 heteroatoms. The molecule has 0 spiro atoms. The summed E-state index contributed by atoms with van der Waals surface area (Å²) in [5.41, 5.74) is 0.907. The Morgan fingerprint density at radius 1 is 0.857 bits per heavy atom. The van der Waals surface area contributed by atoms with Gasteiger partial charge in [-0.25, -0.2) is 0 Å². The minimum Gasteiger partial charge on any atom is -0.341 e. The fourth-order valence-corrected chi connectivity index (χ4v) is 4.68. The van der Waals surface area contributed by atoms with Gasteiger partial charge in [0.05, 0.1) is 0 Å². The molecule has 2 aromatic rings. The summed E-state index contributed by atoms with van der Waals surface area (Å²) in [5.74, 6) is 0.0218. The average molecular weight is 394 g/mol. The number of hydrogen-bond acceptors (Lipinski definition) is 3. The summed E-state index contributed by atoms with van der Waals surface area (Å²) in [5, 5.41) is 3.91. The van der Waals surface area contributed by atoms with Crippen LogP contribution >= 0.6 is 12.2 Å². The first-order valence-electron chi connectivity index (χ1n) is 10.2. The summed E-state index contributed by atoms with van der Waals surface area (Å²) in [6, 6.07) is 19.8. The zero-order valence-electron chi connectivity index (χ0n) is 16.1. The second-order valence-corrected chi connectivity index (χ2v) is 8.01. The van der Waals surface area contributed by atoms with Gasteiger partial charge in [0, 0.05) is 6.54 Å². The smallest absolute Gasteiger partial charge is 0.263 e. The molecule has 0 saturated carbocycles. The third kappa shape index (κ3) is 3.56. The highest BCUT2D eigenvalue weighted by Gasteiger charge is 2.51. The van der Waals surface area contributed by atoms with Crippen LogP contribution in [-0.2, 0) is 10.3 Å². The molecule has 0 atom stereocenters. The highest BCUT2D eigenvalue weighted by atomic mass is 32.1. The second-order valence-electron chi connectivity index (χ2n) is 7.62. The molecule has 2 aromatic carbocycles. The van der Waals surface area contributed by atoms with E-state index in [0.717, 1.165) is 24.1 Å². The standard InChI is InChI=1S/C23H27N3OS/c27-21-23(19-11-4-1-5-12-19,20-13-6-2-7-14-20)24-22(28)26(21)18-10-17-25-15-8-3-9-16-25/h1-2,4-7,11-14H,3,8-10,15-18H2,(H,24,28). The van der Waals surface area contributed by atoms with Crippen molar-refractivity contribution in [3.63, 3.8) is 0 Å². The van der Waals surface area contributed by atoms with Crippen LogP contribution in [0.5, 0.6) is 0 Å². The molecule has 2 aliphatic heterocycles. The molecular weight excluding hydrogens is 366 g/mol. The molecular formula is C23H27N3OS. The van der Waals surface area contributed by atoms with Crippen molar-refractivity contribution in [1.29, 1.82) is 0 Å². The lowest BCUT2D eigenvalue weighted by Gasteiger charge is -2.29. The maximum absolute atomic E-state index is 13.7. The first kappa shape index (κ1) is 19.1. The van der Waals surface area contributed by atoms with Crippen LogP contribution in [0.1, 0.15) is 36.8 Å². The number of amides is 1. The maximum Gasteiger partial charge on any atom is 0.263 e. The normalized spacial score (nSPS) is 19.6. The molecule has 4 rings (SSSR count). The molecule has 1 N–H and O–H groups in total. The van der Waals surface area contributed by atoms with Crippen LogP contribution in [0, 0.1) is 0 Å². The van der Waals surface area contributed by atoms with Crippen molar-refractivity contribution >= 4 is 23.2 Å². The van der Waals surface area contributed by atoms with E-state index in [1.165, 1.54) is 32.4 Å². The largest absolute Gasteiger partial charge is 0.341 e. The van der Waals surface area contributed by atoms with E-state index in [0.29, 0.717) is 11.7 Å². The molecule has 1 amide bonds. The van der Waals surface area contributed by atoms with Crippen LogP contribution in [0.15, 0.2) is 60.7 Å². The van der Waals surface area contributed by atoms with E-state index in [9.17, 15) is 4.79 Å². The van der Waals surface area contributed by atoms with Gasteiger partial charge in [-0.2, -0.15) is 0 Å². The Labute approximate surface area is 172 Å². The first-order chi connectivity index (χ1) is 13.7. The van der Waals surface area contributed by atoms with Gasteiger partial charge in [-0.3, -0.25) is 9.69 Å². The number of benzene rings is 2. The van der Waals surface area contributed by atoms with Gasteiger partial charge in [0.15, 0.2) is 10.7 Å². The van der Waals surface area contributed by atoms with Crippen molar-refractivity contribution < 1.29 is 4.79 Å². The quantitative estimate of drug-likeness (QED) is 0.762. The van der Waals surface area contributed by atoms with Crippen LogP contribution in [0.3, 0.4) is 0 Å². The molecule has 0 aromatic heterocycles. The van der Waals surface area contributed by atoms with Crippen LogP contribution in [0.2, 0.25) is 0 Å². The van der Waals surface area contributed by atoms with Crippen molar-refractivity contribution in [3.05, 3.63) is 71.8 Å². The Hall–Kier alpha value is -2.24. The molecule has 4 nitrogen and oxygen atoms in total. The van der Waals surface area contributed by atoms with Gasteiger partial charge in [-0.15, -0.1) is 0 Å². The van der Waals surface area contributed by atoms with Crippen LogP contribution in [0.4, 0.5) is 0 Å². The summed E-state index contributed by atoms with van der Waals surface area (Å²) in [7, 11) is 0. The summed E-state index contributed by atoms with van der Waals surface area (Å²) in [4.78, 5) is 17.9. The Morgan fingerprint density at radius 2 is 1.43 bits per heavy atom. The number of carbonyl (C=O) groups excluding carboxylic acids is 1.